The number of carbonyl (C=O) groups is 2. The van der Waals surface area contributed by atoms with Crippen molar-refractivity contribution in [1.82, 2.24) is 9.80 Å². The molecule has 1 saturated carbocycles. The Hall–Kier alpha value is -1.26. The number of carbonyl (C=O) groups excluding carboxylic acids is 2. The van der Waals surface area contributed by atoms with Crippen LogP contribution in [-0.4, -0.2) is 48.2 Å². The third kappa shape index (κ3) is 1.46. The molecular formula is C8H12N2O3. The van der Waals surface area contributed by atoms with Crippen molar-refractivity contribution in [2.24, 2.45) is 0 Å². The molecule has 0 aromatic carbocycles. The van der Waals surface area contributed by atoms with E-state index in [-0.39, 0.29) is 12.5 Å². The van der Waals surface area contributed by atoms with Crippen LogP contribution in [0.5, 0.6) is 0 Å². The lowest BCUT2D eigenvalue weighted by atomic mass is 10.5. The number of amides is 2. The molecule has 0 atom stereocenters. The molecule has 5 nitrogen and oxygen atoms in total. The molecule has 0 radical (unpaired) electrons. The van der Waals surface area contributed by atoms with Crippen molar-refractivity contribution in [3.05, 3.63) is 0 Å². The molecule has 2 aliphatic rings. The van der Waals surface area contributed by atoms with E-state index in [0.29, 0.717) is 12.7 Å². The van der Waals surface area contributed by atoms with Gasteiger partial charge < -0.3 is 9.64 Å². The Bertz CT molecular complexity index is 250. The number of rotatable bonds is 1. The zero-order valence-corrected chi connectivity index (χ0v) is 7.52. The molecule has 0 bridgehead atoms. The quantitative estimate of drug-likeness (QED) is 0.577. The van der Waals surface area contributed by atoms with Crippen LogP contribution in [0.1, 0.15) is 12.8 Å². The lowest BCUT2D eigenvalue weighted by Crippen LogP contribution is -2.32. The summed E-state index contributed by atoms with van der Waals surface area (Å²) in [5.41, 5.74) is 0. The third-order valence-corrected chi connectivity index (χ3v) is 2.39. The lowest BCUT2D eigenvalue weighted by Gasteiger charge is -2.15. The van der Waals surface area contributed by atoms with E-state index in [9.17, 15) is 9.59 Å². The first kappa shape index (κ1) is 8.34. The molecule has 13 heavy (non-hydrogen) atoms. The van der Waals surface area contributed by atoms with E-state index in [4.69, 9.17) is 0 Å². The largest absolute Gasteiger partial charge is 0.453 e. The van der Waals surface area contributed by atoms with Gasteiger partial charge in [-0.15, -0.1) is 0 Å². The first-order valence-corrected chi connectivity index (χ1v) is 4.34. The third-order valence-electron chi connectivity index (χ3n) is 2.39. The van der Waals surface area contributed by atoms with E-state index in [0.717, 1.165) is 12.8 Å². The van der Waals surface area contributed by atoms with Gasteiger partial charge >= 0.3 is 6.09 Å². The number of hydrogen-bond acceptors (Lipinski definition) is 3. The predicted octanol–water partition coefficient (Wildman–Crippen LogP) is 0.0169. The second-order valence-electron chi connectivity index (χ2n) is 3.40. The van der Waals surface area contributed by atoms with Crippen LogP contribution in [0.4, 0.5) is 4.79 Å². The van der Waals surface area contributed by atoms with Crippen LogP contribution in [0.2, 0.25) is 0 Å². The molecule has 0 N–H and O–H groups in total. The van der Waals surface area contributed by atoms with E-state index in [1.165, 1.54) is 12.0 Å². The number of hydrogen-bond donors (Lipinski definition) is 0. The van der Waals surface area contributed by atoms with Gasteiger partial charge in [0.05, 0.1) is 13.8 Å². The fraction of sp³-hybridized carbons (Fsp3) is 0.750. The maximum absolute atomic E-state index is 11.4. The van der Waals surface area contributed by atoms with Crippen molar-refractivity contribution in [3.8, 4) is 0 Å². The van der Waals surface area contributed by atoms with Crippen LogP contribution in [0.15, 0.2) is 0 Å². The average molecular weight is 184 g/mol. The summed E-state index contributed by atoms with van der Waals surface area (Å²) in [6, 6.07) is 0.377. The van der Waals surface area contributed by atoms with Gasteiger partial charge in [0.2, 0.25) is 5.91 Å². The van der Waals surface area contributed by atoms with Gasteiger partial charge in [-0.3, -0.25) is 9.69 Å². The summed E-state index contributed by atoms with van der Waals surface area (Å²) in [5, 5.41) is 0. The number of methoxy groups -OCH3 is 1. The minimum absolute atomic E-state index is 0.0351. The molecule has 5 heteroatoms. The first-order valence-electron chi connectivity index (χ1n) is 4.34. The smallest absolute Gasteiger partial charge is 0.411 e. The van der Waals surface area contributed by atoms with E-state index in [2.05, 4.69) is 4.74 Å². The molecule has 0 spiro atoms. The van der Waals surface area contributed by atoms with Crippen LogP contribution in [0.25, 0.3) is 0 Å². The van der Waals surface area contributed by atoms with Gasteiger partial charge in [-0.25, -0.2) is 4.79 Å². The van der Waals surface area contributed by atoms with Crippen LogP contribution in [0.3, 0.4) is 0 Å². The zero-order valence-electron chi connectivity index (χ0n) is 7.52. The van der Waals surface area contributed by atoms with E-state index in [1.54, 1.807) is 4.90 Å². The minimum atomic E-state index is -0.420. The van der Waals surface area contributed by atoms with Crippen molar-refractivity contribution < 1.29 is 14.3 Å². The fourth-order valence-electron chi connectivity index (χ4n) is 1.52. The van der Waals surface area contributed by atoms with Crippen LogP contribution >= 0.6 is 0 Å². The van der Waals surface area contributed by atoms with Gasteiger partial charge in [0.1, 0.15) is 6.54 Å². The second kappa shape index (κ2) is 2.90. The molecule has 0 aromatic heterocycles. The Balaban J connectivity index is 1.97. The normalized spacial score (nSPS) is 22.4. The fourth-order valence-corrected chi connectivity index (χ4v) is 1.52. The first-order chi connectivity index (χ1) is 6.22. The Morgan fingerprint density at radius 1 is 1.54 bits per heavy atom. The SMILES string of the molecule is COC(=O)N1CC(=O)N(C2CC2)C1. The Kier molecular flexibility index (Phi) is 1.86. The van der Waals surface area contributed by atoms with Crippen molar-refractivity contribution in [1.29, 1.82) is 0 Å². The molecule has 72 valence electrons. The lowest BCUT2D eigenvalue weighted by molar-refractivity contribution is -0.127. The summed E-state index contributed by atoms with van der Waals surface area (Å²) in [4.78, 5) is 25.6. The molecule has 1 heterocycles. The minimum Gasteiger partial charge on any atom is -0.453 e. The predicted molar refractivity (Wildman–Crippen MR) is 43.8 cm³/mol. The average Bonchev–Trinajstić information content (AvgIpc) is 2.89. The molecule has 1 saturated heterocycles. The number of nitrogens with zero attached hydrogens (tertiary/aromatic N) is 2. The van der Waals surface area contributed by atoms with Crippen molar-refractivity contribution >= 4 is 12.0 Å². The van der Waals surface area contributed by atoms with Crippen molar-refractivity contribution in [2.75, 3.05) is 20.3 Å². The molecule has 1 aliphatic carbocycles. The van der Waals surface area contributed by atoms with Gasteiger partial charge in [0.25, 0.3) is 0 Å². The highest BCUT2D eigenvalue weighted by Crippen LogP contribution is 2.29. The maximum Gasteiger partial charge on any atom is 0.411 e. The van der Waals surface area contributed by atoms with Gasteiger partial charge in [0, 0.05) is 6.04 Å². The Morgan fingerprint density at radius 3 is 2.77 bits per heavy atom. The molecule has 0 aromatic rings. The van der Waals surface area contributed by atoms with Gasteiger partial charge in [0.15, 0.2) is 0 Å². The van der Waals surface area contributed by atoms with E-state index in [1.807, 2.05) is 0 Å². The highest BCUT2D eigenvalue weighted by molar-refractivity contribution is 5.85. The van der Waals surface area contributed by atoms with E-state index >= 15 is 0 Å². The standard InChI is InChI=1S/C8H12N2O3/c1-13-8(12)9-4-7(11)10(5-9)6-2-3-6/h6H,2-5H2,1H3. The summed E-state index contributed by atoms with van der Waals surface area (Å²) in [6.45, 7) is 0.569. The zero-order chi connectivity index (χ0) is 9.42. The summed E-state index contributed by atoms with van der Waals surface area (Å²) in [6.07, 6.45) is 1.72. The molecule has 2 amide bonds. The van der Waals surface area contributed by atoms with Gasteiger partial charge in [-0.05, 0) is 12.8 Å². The number of ether oxygens (including phenoxy) is 1. The molecule has 1 aliphatic heterocycles. The summed E-state index contributed by atoms with van der Waals surface area (Å²) in [7, 11) is 1.33. The highest BCUT2D eigenvalue weighted by atomic mass is 16.5. The van der Waals surface area contributed by atoms with Crippen LogP contribution in [-0.2, 0) is 9.53 Å². The summed E-state index contributed by atoms with van der Waals surface area (Å²) >= 11 is 0. The van der Waals surface area contributed by atoms with Crippen molar-refractivity contribution in [3.63, 3.8) is 0 Å². The highest BCUT2D eigenvalue weighted by Gasteiger charge is 2.40. The molecular weight excluding hydrogens is 172 g/mol. The molecule has 0 unspecified atom stereocenters. The topological polar surface area (TPSA) is 49.9 Å². The van der Waals surface area contributed by atoms with E-state index < -0.39 is 6.09 Å². The Labute approximate surface area is 76.2 Å². The molecule has 2 fully saturated rings. The summed E-state index contributed by atoms with van der Waals surface area (Å²) in [5.74, 6) is 0.0351. The van der Waals surface area contributed by atoms with Gasteiger partial charge in [-0.2, -0.15) is 0 Å². The van der Waals surface area contributed by atoms with Crippen LogP contribution < -0.4 is 0 Å². The van der Waals surface area contributed by atoms with Gasteiger partial charge in [-0.1, -0.05) is 0 Å². The monoisotopic (exact) mass is 184 g/mol. The van der Waals surface area contributed by atoms with Crippen LogP contribution in [0, 0.1) is 0 Å². The Morgan fingerprint density at radius 2 is 2.23 bits per heavy atom. The maximum atomic E-state index is 11.4. The second-order valence-corrected chi connectivity index (χ2v) is 3.40. The van der Waals surface area contributed by atoms with Crippen molar-refractivity contribution in [2.45, 2.75) is 18.9 Å². The molecule has 2 rings (SSSR count). The summed E-state index contributed by atoms with van der Waals surface area (Å²) < 4.78 is 4.54.